The number of halogens is 1. The number of carbonyl (C=O) groups excluding carboxylic acids is 1. The third kappa shape index (κ3) is 4.90. The van der Waals surface area contributed by atoms with Crippen LogP contribution in [0.1, 0.15) is 19.3 Å². The van der Waals surface area contributed by atoms with Crippen LogP contribution in [0.15, 0.2) is 24.3 Å². The van der Waals surface area contributed by atoms with Crippen LogP contribution in [-0.2, 0) is 4.79 Å². The molecule has 1 unspecified atom stereocenters. The highest BCUT2D eigenvalue weighted by Gasteiger charge is 2.30. The van der Waals surface area contributed by atoms with E-state index in [2.05, 4.69) is 5.32 Å². The number of aliphatic hydroxyl groups is 1. The van der Waals surface area contributed by atoms with E-state index in [0.29, 0.717) is 31.1 Å². The van der Waals surface area contributed by atoms with Crippen molar-refractivity contribution in [2.24, 2.45) is 5.92 Å². The Kier molecular flexibility index (Phi) is 5.09. The second kappa shape index (κ2) is 6.81. The van der Waals surface area contributed by atoms with Gasteiger partial charge in [-0.3, -0.25) is 4.79 Å². The number of likely N-dealkylation sites (N-methyl/N-ethyl adjacent to an activating group) is 1. The lowest BCUT2D eigenvalue weighted by Crippen LogP contribution is -2.32. The van der Waals surface area contributed by atoms with E-state index in [1.165, 1.54) is 24.3 Å². The number of nitrogens with zero attached hydrogens (tertiary/aromatic N) is 1. The largest absolute Gasteiger partial charge is 0.392 e. The van der Waals surface area contributed by atoms with Gasteiger partial charge in [-0.25, -0.2) is 4.39 Å². The fraction of sp³-hybridized carbons (Fsp3) is 0.533. The van der Waals surface area contributed by atoms with Crippen LogP contribution in [0.2, 0.25) is 0 Å². The van der Waals surface area contributed by atoms with E-state index in [1.54, 1.807) is 0 Å². The zero-order valence-corrected chi connectivity index (χ0v) is 11.7. The fourth-order valence-corrected chi connectivity index (χ4v) is 2.09. The highest BCUT2D eigenvalue weighted by molar-refractivity contribution is 5.90. The zero-order chi connectivity index (χ0) is 14.5. The maximum absolute atomic E-state index is 12.7. The van der Waals surface area contributed by atoms with Crippen molar-refractivity contribution in [2.45, 2.75) is 25.4 Å². The van der Waals surface area contributed by atoms with E-state index in [1.807, 2.05) is 11.9 Å². The Labute approximate surface area is 118 Å². The molecular weight excluding hydrogens is 259 g/mol. The molecule has 0 heterocycles. The fourth-order valence-electron chi connectivity index (χ4n) is 2.09. The molecule has 1 amide bonds. The number of benzene rings is 1. The molecule has 110 valence electrons. The summed E-state index contributed by atoms with van der Waals surface area (Å²) in [5.74, 6) is 0.0201. The molecule has 2 N–H and O–H groups in total. The van der Waals surface area contributed by atoms with Gasteiger partial charge in [0.1, 0.15) is 5.82 Å². The van der Waals surface area contributed by atoms with E-state index in [4.69, 9.17) is 0 Å². The van der Waals surface area contributed by atoms with Gasteiger partial charge >= 0.3 is 0 Å². The highest BCUT2D eigenvalue weighted by atomic mass is 19.1. The maximum Gasteiger partial charge on any atom is 0.225 e. The van der Waals surface area contributed by atoms with Gasteiger partial charge < -0.3 is 15.3 Å². The molecule has 5 heteroatoms. The van der Waals surface area contributed by atoms with Crippen LogP contribution in [-0.4, -0.2) is 42.2 Å². The lowest BCUT2D eigenvalue weighted by Gasteiger charge is -2.20. The average Bonchev–Trinajstić information content (AvgIpc) is 3.23. The van der Waals surface area contributed by atoms with Crippen molar-refractivity contribution in [3.05, 3.63) is 30.1 Å². The van der Waals surface area contributed by atoms with Gasteiger partial charge in [0.25, 0.3) is 0 Å². The molecule has 1 saturated carbocycles. The number of anilines is 1. The summed E-state index contributed by atoms with van der Waals surface area (Å²) in [4.78, 5) is 13.7. The summed E-state index contributed by atoms with van der Waals surface area (Å²) in [6, 6.07) is 5.70. The van der Waals surface area contributed by atoms with Crippen LogP contribution in [0.5, 0.6) is 0 Å². The minimum atomic E-state index is -0.322. The summed E-state index contributed by atoms with van der Waals surface area (Å²) in [6.07, 6.45) is 2.30. The predicted octanol–water partition coefficient (Wildman–Crippen LogP) is 1.86. The van der Waals surface area contributed by atoms with Crippen LogP contribution in [0.4, 0.5) is 10.1 Å². The Bertz CT molecular complexity index is 446. The van der Waals surface area contributed by atoms with Crippen molar-refractivity contribution in [2.75, 3.05) is 25.5 Å². The first-order chi connectivity index (χ1) is 9.54. The molecule has 2 rings (SSSR count). The van der Waals surface area contributed by atoms with Gasteiger partial charge in [-0.05, 0) is 50.1 Å². The maximum atomic E-state index is 12.7. The van der Waals surface area contributed by atoms with E-state index in [0.717, 1.165) is 12.8 Å². The van der Waals surface area contributed by atoms with E-state index in [9.17, 15) is 14.3 Å². The molecule has 1 atom stereocenters. The molecule has 1 aliphatic carbocycles. The number of hydrogen-bond acceptors (Lipinski definition) is 3. The van der Waals surface area contributed by atoms with Crippen molar-refractivity contribution in [1.29, 1.82) is 0 Å². The molecular formula is C15H21FN2O2. The summed E-state index contributed by atoms with van der Waals surface area (Å²) in [6.45, 7) is 1.20. The van der Waals surface area contributed by atoms with E-state index in [-0.39, 0.29) is 17.8 Å². The molecule has 0 aromatic heterocycles. The van der Waals surface area contributed by atoms with E-state index < -0.39 is 0 Å². The number of rotatable bonds is 7. The molecule has 0 spiro atoms. The SMILES string of the molecule is CN(CCC(=O)Nc1ccc(F)cc1)CC(O)C1CC1. The normalized spacial score (nSPS) is 16.2. The summed E-state index contributed by atoms with van der Waals surface area (Å²) in [5, 5.41) is 12.5. The summed E-state index contributed by atoms with van der Waals surface area (Å²) in [5.41, 5.74) is 0.595. The van der Waals surface area contributed by atoms with Gasteiger partial charge in [-0.15, -0.1) is 0 Å². The quantitative estimate of drug-likeness (QED) is 0.801. The number of carbonyl (C=O) groups is 1. The molecule has 0 bridgehead atoms. The van der Waals surface area contributed by atoms with Crippen LogP contribution >= 0.6 is 0 Å². The van der Waals surface area contributed by atoms with Gasteiger partial charge in [-0.1, -0.05) is 0 Å². The second-order valence-corrected chi connectivity index (χ2v) is 5.47. The molecule has 20 heavy (non-hydrogen) atoms. The van der Waals surface area contributed by atoms with Crippen LogP contribution < -0.4 is 5.32 Å². The first-order valence-electron chi connectivity index (χ1n) is 6.96. The van der Waals surface area contributed by atoms with Gasteiger partial charge in [0, 0.05) is 25.2 Å². The molecule has 1 aromatic carbocycles. The van der Waals surface area contributed by atoms with Crippen LogP contribution in [0.3, 0.4) is 0 Å². The average molecular weight is 280 g/mol. The van der Waals surface area contributed by atoms with Crippen molar-refractivity contribution in [3.8, 4) is 0 Å². The predicted molar refractivity (Wildman–Crippen MR) is 75.9 cm³/mol. The first kappa shape index (κ1) is 14.9. The van der Waals surface area contributed by atoms with Crippen molar-refractivity contribution in [3.63, 3.8) is 0 Å². The van der Waals surface area contributed by atoms with Crippen LogP contribution in [0.25, 0.3) is 0 Å². The summed E-state index contributed by atoms with van der Waals surface area (Å²) in [7, 11) is 1.90. The standard InChI is InChI=1S/C15H21FN2O2/c1-18(10-14(19)11-2-3-11)9-8-15(20)17-13-6-4-12(16)5-7-13/h4-7,11,14,19H,2-3,8-10H2,1H3,(H,17,20). The lowest BCUT2D eigenvalue weighted by molar-refractivity contribution is -0.116. The number of hydrogen-bond donors (Lipinski definition) is 2. The zero-order valence-electron chi connectivity index (χ0n) is 11.7. The third-order valence-corrected chi connectivity index (χ3v) is 3.51. The third-order valence-electron chi connectivity index (χ3n) is 3.51. The Morgan fingerprint density at radius 3 is 2.70 bits per heavy atom. The summed E-state index contributed by atoms with van der Waals surface area (Å²) < 4.78 is 12.7. The van der Waals surface area contributed by atoms with Crippen LogP contribution in [0, 0.1) is 11.7 Å². The molecule has 1 aromatic rings. The smallest absolute Gasteiger partial charge is 0.225 e. The Morgan fingerprint density at radius 2 is 2.10 bits per heavy atom. The van der Waals surface area contributed by atoms with Gasteiger partial charge in [0.2, 0.25) is 5.91 Å². The lowest BCUT2D eigenvalue weighted by atomic mass is 10.2. The number of aliphatic hydroxyl groups excluding tert-OH is 1. The molecule has 0 radical (unpaired) electrons. The Balaban J connectivity index is 1.67. The summed E-state index contributed by atoms with van der Waals surface area (Å²) >= 11 is 0. The first-order valence-corrected chi connectivity index (χ1v) is 6.96. The molecule has 1 fully saturated rings. The number of amides is 1. The molecule has 0 aliphatic heterocycles. The Morgan fingerprint density at radius 1 is 1.45 bits per heavy atom. The van der Waals surface area contributed by atoms with Crippen molar-refractivity contribution < 1.29 is 14.3 Å². The molecule has 0 saturated heterocycles. The van der Waals surface area contributed by atoms with Gasteiger partial charge in [0.15, 0.2) is 0 Å². The topological polar surface area (TPSA) is 52.6 Å². The number of nitrogens with one attached hydrogen (secondary N) is 1. The highest BCUT2D eigenvalue weighted by Crippen LogP contribution is 2.32. The Hall–Kier alpha value is -1.46. The van der Waals surface area contributed by atoms with Gasteiger partial charge in [-0.2, -0.15) is 0 Å². The second-order valence-electron chi connectivity index (χ2n) is 5.47. The monoisotopic (exact) mass is 280 g/mol. The molecule has 1 aliphatic rings. The van der Waals surface area contributed by atoms with Gasteiger partial charge in [0.05, 0.1) is 6.10 Å². The van der Waals surface area contributed by atoms with E-state index >= 15 is 0 Å². The minimum absolute atomic E-state index is 0.107. The minimum Gasteiger partial charge on any atom is -0.392 e. The molecule has 4 nitrogen and oxygen atoms in total. The van der Waals surface area contributed by atoms with Crippen molar-refractivity contribution in [1.82, 2.24) is 4.90 Å². The van der Waals surface area contributed by atoms with Crippen molar-refractivity contribution >= 4 is 11.6 Å².